The number of rotatable bonds is 3. The van der Waals surface area contributed by atoms with E-state index in [4.69, 9.17) is 5.11 Å². The highest BCUT2D eigenvalue weighted by Crippen LogP contribution is 2.53. The van der Waals surface area contributed by atoms with Gasteiger partial charge in [0.2, 0.25) is 0 Å². The molecular weight excluding hydrogens is 240 g/mol. The van der Waals surface area contributed by atoms with Gasteiger partial charge in [0.1, 0.15) is 5.78 Å². The number of carbonyl (C=O) groups is 1. The number of aliphatic hydroxyl groups excluding tert-OH is 1. The molecule has 0 heterocycles. The summed E-state index contributed by atoms with van der Waals surface area (Å²) < 4.78 is 0. The molecule has 0 aromatic carbocycles. The highest BCUT2D eigenvalue weighted by atomic mass is 16.3. The fourth-order valence-corrected chi connectivity index (χ4v) is 4.06. The van der Waals surface area contributed by atoms with Crippen LogP contribution < -0.4 is 0 Å². The number of fused-ring (bicyclic) bond motifs is 1. The Balaban J connectivity index is 2.29. The first-order valence-electron chi connectivity index (χ1n) is 7.36. The lowest BCUT2D eigenvalue weighted by Crippen LogP contribution is -2.50. The minimum absolute atomic E-state index is 0.0695. The quantitative estimate of drug-likeness (QED) is 0.771. The SMILES string of the molecule is CC1C=CC2CC(C)(O)CCC2C1(C)C(=O)CCO. The number of allylic oxidation sites excluding steroid dienone is 2. The first-order chi connectivity index (χ1) is 8.81. The van der Waals surface area contributed by atoms with Gasteiger partial charge in [-0.05, 0) is 43.9 Å². The molecule has 2 rings (SSSR count). The van der Waals surface area contributed by atoms with Crippen LogP contribution in [0.1, 0.15) is 46.5 Å². The Morgan fingerprint density at radius 2 is 2.05 bits per heavy atom. The van der Waals surface area contributed by atoms with Crippen LogP contribution in [0.4, 0.5) is 0 Å². The zero-order valence-corrected chi connectivity index (χ0v) is 12.2. The molecule has 0 amide bonds. The lowest BCUT2D eigenvalue weighted by Gasteiger charge is -2.51. The Kier molecular flexibility index (Phi) is 3.90. The number of hydrogen-bond donors (Lipinski definition) is 2. The lowest BCUT2D eigenvalue weighted by atomic mass is 9.53. The number of carbonyl (C=O) groups excluding carboxylic acids is 1. The fraction of sp³-hybridized carbons (Fsp3) is 0.812. The molecular formula is C16H26O3. The van der Waals surface area contributed by atoms with Crippen molar-refractivity contribution >= 4 is 5.78 Å². The van der Waals surface area contributed by atoms with Crippen LogP contribution in [-0.4, -0.2) is 28.2 Å². The van der Waals surface area contributed by atoms with Crippen molar-refractivity contribution in [2.45, 2.75) is 52.1 Å². The van der Waals surface area contributed by atoms with Gasteiger partial charge in [0.15, 0.2) is 0 Å². The molecule has 1 fully saturated rings. The van der Waals surface area contributed by atoms with E-state index in [1.807, 2.05) is 6.92 Å². The summed E-state index contributed by atoms with van der Waals surface area (Å²) in [6.45, 7) is 5.97. The highest BCUT2D eigenvalue weighted by Gasteiger charge is 2.51. The molecule has 2 N–H and O–H groups in total. The van der Waals surface area contributed by atoms with E-state index in [0.717, 1.165) is 19.3 Å². The second kappa shape index (κ2) is 5.02. The summed E-state index contributed by atoms with van der Waals surface area (Å²) >= 11 is 0. The molecule has 3 nitrogen and oxygen atoms in total. The summed E-state index contributed by atoms with van der Waals surface area (Å²) in [7, 11) is 0. The van der Waals surface area contributed by atoms with Crippen molar-refractivity contribution in [3.05, 3.63) is 12.2 Å². The molecule has 5 atom stereocenters. The molecule has 0 saturated heterocycles. The van der Waals surface area contributed by atoms with Crippen molar-refractivity contribution in [2.24, 2.45) is 23.2 Å². The van der Waals surface area contributed by atoms with E-state index in [1.165, 1.54) is 0 Å². The number of aliphatic hydroxyl groups is 2. The molecule has 2 aliphatic carbocycles. The van der Waals surface area contributed by atoms with Crippen LogP contribution in [0.25, 0.3) is 0 Å². The largest absolute Gasteiger partial charge is 0.396 e. The van der Waals surface area contributed by atoms with E-state index in [2.05, 4.69) is 26.0 Å². The average Bonchev–Trinajstić information content (AvgIpc) is 2.33. The standard InChI is InChI=1S/C16H26O3/c1-11-4-5-12-10-15(2,19)8-6-13(12)16(11,3)14(18)7-9-17/h4-5,11-13,17,19H,6-10H2,1-3H3. The normalized spacial score (nSPS) is 45.8. The van der Waals surface area contributed by atoms with E-state index in [0.29, 0.717) is 5.92 Å². The summed E-state index contributed by atoms with van der Waals surface area (Å²) in [4.78, 5) is 12.5. The summed E-state index contributed by atoms with van der Waals surface area (Å²) in [5.74, 6) is 0.957. The van der Waals surface area contributed by atoms with E-state index in [1.54, 1.807) is 0 Å². The van der Waals surface area contributed by atoms with E-state index >= 15 is 0 Å². The van der Waals surface area contributed by atoms with Crippen LogP contribution in [0.5, 0.6) is 0 Å². The Bertz CT molecular complexity index is 385. The van der Waals surface area contributed by atoms with Gasteiger partial charge in [0, 0.05) is 18.4 Å². The van der Waals surface area contributed by atoms with E-state index in [9.17, 15) is 9.90 Å². The molecule has 0 aromatic rings. The zero-order valence-electron chi connectivity index (χ0n) is 12.2. The number of hydrogen-bond acceptors (Lipinski definition) is 3. The Morgan fingerprint density at radius 3 is 2.68 bits per heavy atom. The second-order valence-corrected chi connectivity index (χ2v) is 6.86. The monoisotopic (exact) mass is 266 g/mol. The van der Waals surface area contributed by atoms with Crippen molar-refractivity contribution in [3.8, 4) is 0 Å². The molecule has 0 aromatic heterocycles. The Hall–Kier alpha value is -0.670. The molecule has 19 heavy (non-hydrogen) atoms. The van der Waals surface area contributed by atoms with Crippen LogP contribution in [-0.2, 0) is 4.79 Å². The zero-order chi connectivity index (χ0) is 14.3. The third-order valence-corrected chi connectivity index (χ3v) is 5.49. The van der Waals surface area contributed by atoms with Crippen LogP contribution in [0, 0.1) is 23.2 Å². The topological polar surface area (TPSA) is 57.5 Å². The third kappa shape index (κ3) is 2.50. The maximum absolute atomic E-state index is 12.5. The second-order valence-electron chi connectivity index (χ2n) is 6.86. The van der Waals surface area contributed by atoms with Crippen molar-refractivity contribution in [3.63, 3.8) is 0 Å². The van der Waals surface area contributed by atoms with Crippen molar-refractivity contribution in [2.75, 3.05) is 6.61 Å². The fourth-order valence-electron chi connectivity index (χ4n) is 4.06. The van der Waals surface area contributed by atoms with Crippen molar-refractivity contribution in [1.29, 1.82) is 0 Å². The van der Waals surface area contributed by atoms with Gasteiger partial charge in [-0.15, -0.1) is 0 Å². The maximum Gasteiger partial charge on any atom is 0.141 e. The average molecular weight is 266 g/mol. The van der Waals surface area contributed by atoms with Crippen LogP contribution in [0.2, 0.25) is 0 Å². The highest BCUT2D eigenvalue weighted by molar-refractivity contribution is 5.85. The van der Waals surface area contributed by atoms with Gasteiger partial charge in [-0.25, -0.2) is 0 Å². The minimum atomic E-state index is -0.604. The molecule has 2 aliphatic rings. The first-order valence-corrected chi connectivity index (χ1v) is 7.36. The van der Waals surface area contributed by atoms with E-state index < -0.39 is 11.0 Å². The van der Waals surface area contributed by atoms with Crippen LogP contribution >= 0.6 is 0 Å². The van der Waals surface area contributed by atoms with Gasteiger partial charge in [0.25, 0.3) is 0 Å². The molecule has 0 spiro atoms. The van der Waals surface area contributed by atoms with Crippen LogP contribution in [0.3, 0.4) is 0 Å². The first kappa shape index (κ1) is 14.7. The maximum atomic E-state index is 12.5. The minimum Gasteiger partial charge on any atom is -0.396 e. The molecule has 1 saturated carbocycles. The number of ketones is 1. The molecule has 5 unspecified atom stereocenters. The van der Waals surface area contributed by atoms with Gasteiger partial charge < -0.3 is 10.2 Å². The van der Waals surface area contributed by atoms with Gasteiger partial charge >= 0.3 is 0 Å². The number of Topliss-reactive ketones (excluding diaryl/α,β-unsaturated/α-hetero) is 1. The molecule has 108 valence electrons. The lowest BCUT2D eigenvalue weighted by molar-refractivity contribution is -0.140. The van der Waals surface area contributed by atoms with Gasteiger partial charge in [-0.2, -0.15) is 0 Å². The molecule has 3 heteroatoms. The van der Waals surface area contributed by atoms with Gasteiger partial charge in [0.05, 0.1) is 5.60 Å². The third-order valence-electron chi connectivity index (χ3n) is 5.49. The summed E-state index contributed by atoms with van der Waals surface area (Å²) in [6.07, 6.45) is 6.95. The van der Waals surface area contributed by atoms with Crippen molar-refractivity contribution in [1.82, 2.24) is 0 Å². The molecule has 0 aliphatic heterocycles. The Labute approximate surface area is 115 Å². The predicted octanol–water partition coefficient (Wildman–Crippen LogP) is 2.32. The molecule has 0 bridgehead atoms. The van der Waals surface area contributed by atoms with Crippen molar-refractivity contribution < 1.29 is 15.0 Å². The van der Waals surface area contributed by atoms with Gasteiger partial charge in [-0.3, -0.25) is 4.79 Å². The summed E-state index contributed by atoms with van der Waals surface area (Å²) in [6, 6.07) is 0. The van der Waals surface area contributed by atoms with Gasteiger partial charge in [-0.1, -0.05) is 26.0 Å². The van der Waals surface area contributed by atoms with E-state index in [-0.39, 0.29) is 30.6 Å². The summed E-state index contributed by atoms with van der Waals surface area (Å²) in [5.41, 5.74) is -0.994. The summed E-state index contributed by atoms with van der Waals surface area (Å²) in [5, 5.41) is 19.3. The predicted molar refractivity (Wildman–Crippen MR) is 74.6 cm³/mol. The Morgan fingerprint density at radius 1 is 1.37 bits per heavy atom. The van der Waals surface area contributed by atoms with Crippen LogP contribution in [0.15, 0.2) is 12.2 Å². The smallest absolute Gasteiger partial charge is 0.141 e. The molecule has 0 radical (unpaired) electrons.